The number of ether oxygens (including phenoxy) is 1. The van der Waals surface area contributed by atoms with Gasteiger partial charge in [0.15, 0.2) is 6.61 Å². The Morgan fingerprint density at radius 3 is 2.59 bits per heavy atom. The van der Waals surface area contributed by atoms with Crippen LogP contribution >= 0.6 is 27.5 Å². The van der Waals surface area contributed by atoms with Crippen LogP contribution < -0.4 is 10.1 Å². The summed E-state index contributed by atoms with van der Waals surface area (Å²) in [7, 11) is 0. The number of hydrogen-bond donors (Lipinski definition) is 1. The first-order valence-electron chi connectivity index (χ1n) is 11.1. The van der Waals surface area contributed by atoms with E-state index in [4.69, 9.17) is 16.3 Å². The first kappa shape index (κ1) is 24.6. The van der Waals surface area contributed by atoms with Crippen molar-refractivity contribution in [1.29, 1.82) is 0 Å². The Morgan fingerprint density at radius 1 is 1.22 bits per heavy atom. The molecule has 1 fully saturated rings. The Balaban J connectivity index is 1.78. The molecule has 7 heteroatoms. The molecule has 0 unspecified atom stereocenters. The van der Waals surface area contributed by atoms with Gasteiger partial charge >= 0.3 is 0 Å². The molecule has 1 aliphatic rings. The molecule has 0 aliphatic heterocycles. The van der Waals surface area contributed by atoms with E-state index in [9.17, 15) is 9.59 Å². The average molecular weight is 522 g/mol. The van der Waals surface area contributed by atoms with Gasteiger partial charge in [0.05, 0.1) is 4.47 Å². The van der Waals surface area contributed by atoms with Crippen LogP contribution in [0, 0.1) is 6.92 Å². The van der Waals surface area contributed by atoms with Crippen molar-refractivity contribution >= 4 is 39.3 Å². The van der Waals surface area contributed by atoms with Gasteiger partial charge in [-0.1, -0.05) is 55.6 Å². The minimum absolute atomic E-state index is 0.0889. The maximum atomic E-state index is 13.3. The van der Waals surface area contributed by atoms with Gasteiger partial charge in [-0.2, -0.15) is 0 Å². The monoisotopic (exact) mass is 520 g/mol. The molecule has 2 aromatic rings. The number of carbonyl (C=O) groups excluding carboxylic acids is 2. The van der Waals surface area contributed by atoms with Crippen LogP contribution in [0.25, 0.3) is 0 Å². The fraction of sp³-hybridized carbons (Fsp3) is 0.440. The fourth-order valence-electron chi connectivity index (χ4n) is 4.07. The molecule has 0 bridgehead atoms. The lowest BCUT2D eigenvalue weighted by molar-refractivity contribution is -0.143. The van der Waals surface area contributed by atoms with E-state index in [0.29, 0.717) is 28.2 Å². The molecule has 0 saturated heterocycles. The summed E-state index contributed by atoms with van der Waals surface area (Å²) in [5.74, 6) is 0.208. The highest BCUT2D eigenvalue weighted by Gasteiger charge is 2.31. The molecule has 2 amide bonds. The quantitative estimate of drug-likeness (QED) is 0.463. The standard InChI is InChI=1S/C25H30BrClN2O3/c1-3-22(25(31)28-20-10-6-7-11-20)29(15-18-9-5-4-8-17(18)2)24(30)16-32-23-13-12-19(27)14-21(23)26/h4-5,8-9,12-14,20,22H,3,6-7,10-11,15-16H2,1-2H3,(H,28,31)/t22-/m0/s1. The fourth-order valence-corrected chi connectivity index (χ4v) is 4.87. The summed E-state index contributed by atoms with van der Waals surface area (Å²) in [6, 6.07) is 12.7. The highest BCUT2D eigenvalue weighted by molar-refractivity contribution is 9.10. The van der Waals surface area contributed by atoms with Gasteiger partial charge in [-0.05, 0) is 71.4 Å². The topological polar surface area (TPSA) is 58.6 Å². The van der Waals surface area contributed by atoms with E-state index in [-0.39, 0.29) is 24.5 Å². The van der Waals surface area contributed by atoms with E-state index in [2.05, 4.69) is 21.2 Å². The summed E-state index contributed by atoms with van der Waals surface area (Å²) >= 11 is 9.41. The Kier molecular flexibility index (Phi) is 9.00. The number of nitrogens with one attached hydrogen (secondary N) is 1. The highest BCUT2D eigenvalue weighted by Crippen LogP contribution is 2.28. The molecule has 0 heterocycles. The van der Waals surface area contributed by atoms with E-state index in [1.165, 1.54) is 0 Å². The molecule has 1 atom stereocenters. The van der Waals surface area contributed by atoms with Crippen molar-refractivity contribution in [1.82, 2.24) is 10.2 Å². The number of rotatable bonds is 9. The number of hydrogen-bond acceptors (Lipinski definition) is 3. The minimum Gasteiger partial charge on any atom is -0.483 e. The number of halogens is 2. The van der Waals surface area contributed by atoms with E-state index in [1.54, 1.807) is 23.1 Å². The third-order valence-electron chi connectivity index (χ3n) is 5.93. The third-order valence-corrected chi connectivity index (χ3v) is 6.79. The lowest BCUT2D eigenvalue weighted by atomic mass is 10.1. The molecule has 1 saturated carbocycles. The molecule has 3 rings (SSSR count). The lowest BCUT2D eigenvalue weighted by Gasteiger charge is -2.32. The summed E-state index contributed by atoms with van der Waals surface area (Å²) in [4.78, 5) is 28.1. The van der Waals surface area contributed by atoms with Crippen LogP contribution in [-0.4, -0.2) is 35.4 Å². The van der Waals surface area contributed by atoms with Crippen LogP contribution in [0.3, 0.4) is 0 Å². The summed E-state index contributed by atoms with van der Waals surface area (Å²) in [5.41, 5.74) is 2.10. The average Bonchev–Trinajstić information content (AvgIpc) is 3.27. The summed E-state index contributed by atoms with van der Waals surface area (Å²) in [6.07, 6.45) is 4.80. The van der Waals surface area contributed by atoms with Crippen molar-refractivity contribution in [3.05, 3.63) is 63.1 Å². The van der Waals surface area contributed by atoms with Crippen LogP contribution in [0.1, 0.15) is 50.2 Å². The van der Waals surface area contributed by atoms with Crippen LogP contribution in [0.2, 0.25) is 5.02 Å². The van der Waals surface area contributed by atoms with E-state index in [1.807, 2.05) is 38.1 Å². The van der Waals surface area contributed by atoms with Gasteiger partial charge in [0.1, 0.15) is 11.8 Å². The molecule has 0 spiro atoms. The van der Waals surface area contributed by atoms with Gasteiger partial charge in [-0.15, -0.1) is 0 Å². The number of carbonyl (C=O) groups is 2. The molecular weight excluding hydrogens is 492 g/mol. The minimum atomic E-state index is -0.556. The van der Waals surface area contributed by atoms with Gasteiger partial charge in [-0.25, -0.2) is 0 Å². The molecule has 5 nitrogen and oxygen atoms in total. The summed E-state index contributed by atoms with van der Waals surface area (Å²) in [5, 5.41) is 3.73. The lowest BCUT2D eigenvalue weighted by Crippen LogP contribution is -2.52. The second-order valence-corrected chi connectivity index (χ2v) is 9.52. The van der Waals surface area contributed by atoms with Crippen molar-refractivity contribution < 1.29 is 14.3 Å². The Morgan fingerprint density at radius 2 is 1.94 bits per heavy atom. The van der Waals surface area contributed by atoms with Gasteiger partial charge in [0.25, 0.3) is 5.91 Å². The van der Waals surface area contributed by atoms with Crippen molar-refractivity contribution in [3.63, 3.8) is 0 Å². The van der Waals surface area contributed by atoms with E-state index in [0.717, 1.165) is 36.8 Å². The molecule has 172 valence electrons. The molecule has 2 aromatic carbocycles. The van der Waals surface area contributed by atoms with Crippen molar-refractivity contribution in [3.8, 4) is 5.75 Å². The summed E-state index contributed by atoms with van der Waals surface area (Å²) in [6.45, 7) is 4.14. The second-order valence-electron chi connectivity index (χ2n) is 8.23. The number of aryl methyl sites for hydroxylation is 1. The maximum Gasteiger partial charge on any atom is 0.261 e. The predicted molar refractivity (Wildman–Crippen MR) is 131 cm³/mol. The van der Waals surface area contributed by atoms with Crippen LogP contribution in [0.15, 0.2) is 46.9 Å². The van der Waals surface area contributed by atoms with Crippen molar-refractivity contribution in [2.75, 3.05) is 6.61 Å². The largest absolute Gasteiger partial charge is 0.483 e. The first-order valence-corrected chi connectivity index (χ1v) is 12.3. The van der Waals surface area contributed by atoms with Gasteiger partial charge in [0.2, 0.25) is 5.91 Å². The number of amides is 2. The van der Waals surface area contributed by atoms with Crippen molar-refractivity contribution in [2.45, 2.75) is 64.6 Å². The third kappa shape index (κ3) is 6.48. The summed E-state index contributed by atoms with van der Waals surface area (Å²) < 4.78 is 6.46. The predicted octanol–water partition coefficient (Wildman–Crippen LogP) is 5.66. The molecule has 1 aliphatic carbocycles. The number of nitrogens with zero attached hydrogens (tertiary/aromatic N) is 1. The Hall–Kier alpha value is -2.05. The highest BCUT2D eigenvalue weighted by atomic mass is 79.9. The molecule has 32 heavy (non-hydrogen) atoms. The molecule has 0 radical (unpaired) electrons. The van der Waals surface area contributed by atoms with E-state index >= 15 is 0 Å². The van der Waals surface area contributed by atoms with Gasteiger partial charge < -0.3 is 15.0 Å². The maximum absolute atomic E-state index is 13.3. The molecule has 1 N–H and O–H groups in total. The van der Waals surface area contributed by atoms with Crippen LogP contribution in [0.5, 0.6) is 5.75 Å². The van der Waals surface area contributed by atoms with Crippen LogP contribution in [-0.2, 0) is 16.1 Å². The second kappa shape index (κ2) is 11.7. The number of benzene rings is 2. The molecular formula is C25H30BrClN2O3. The smallest absolute Gasteiger partial charge is 0.261 e. The van der Waals surface area contributed by atoms with Gasteiger partial charge in [-0.3, -0.25) is 9.59 Å². The first-order chi connectivity index (χ1) is 15.4. The Labute approximate surface area is 203 Å². The van der Waals surface area contributed by atoms with Crippen LogP contribution in [0.4, 0.5) is 0 Å². The normalized spacial score (nSPS) is 14.8. The zero-order chi connectivity index (χ0) is 23.1. The zero-order valence-electron chi connectivity index (χ0n) is 18.6. The SMILES string of the molecule is CC[C@@H](C(=O)NC1CCCC1)N(Cc1ccccc1C)C(=O)COc1ccc(Cl)cc1Br. The molecule has 0 aromatic heterocycles. The Bertz CT molecular complexity index is 947. The van der Waals surface area contributed by atoms with E-state index < -0.39 is 6.04 Å². The van der Waals surface area contributed by atoms with Crippen molar-refractivity contribution in [2.24, 2.45) is 0 Å². The van der Waals surface area contributed by atoms with Gasteiger partial charge in [0, 0.05) is 17.6 Å². The zero-order valence-corrected chi connectivity index (χ0v) is 20.9.